The predicted octanol–water partition coefficient (Wildman–Crippen LogP) is 6.62. The van der Waals surface area contributed by atoms with Crippen LogP contribution in [0, 0.1) is 35.0 Å². The monoisotopic (exact) mass is 414 g/mol. The lowest BCUT2D eigenvalue weighted by molar-refractivity contribution is -0.0201. The number of hydrogen-bond acceptors (Lipinski definition) is 2. The molecule has 0 aromatic heterocycles. The van der Waals surface area contributed by atoms with Crippen molar-refractivity contribution in [2.24, 2.45) is 5.92 Å². The minimum absolute atomic E-state index is 0.0852. The van der Waals surface area contributed by atoms with E-state index in [-0.39, 0.29) is 11.7 Å². The number of ether oxygens (including phenoxy) is 2. The first kappa shape index (κ1) is 21.6. The molecular formula is C22H23F5O2. The lowest BCUT2D eigenvalue weighted by Crippen LogP contribution is -2.21. The summed E-state index contributed by atoms with van der Waals surface area (Å²) in [4.78, 5) is 0. The molecule has 1 saturated heterocycles. The molecular weight excluding hydrogens is 391 g/mol. The van der Waals surface area contributed by atoms with Crippen molar-refractivity contribution in [2.75, 3.05) is 6.61 Å². The predicted molar refractivity (Wildman–Crippen MR) is 97.9 cm³/mol. The fourth-order valence-corrected chi connectivity index (χ4v) is 3.54. The SMILES string of the molecule is CCCCC1CCC(c2cc(F)c(OCc3cc(F)c(F)c(F)c3)c(F)c2)OC1. The molecule has 0 bridgehead atoms. The quantitative estimate of drug-likeness (QED) is 0.374. The van der Waals surface area contributed by atoms with Crippen LogP contribution in [0.5, 0.6) is 5.75 Å². The highest BCUT2D eigenvalue weighted by molar-refractivity contribution is 5.33. The van der Waals surface area contributed by atoms with E-state index < -0.39 is 41.4 Å². The van der Waals surface area contributed by atoms with Crippen LogP contribution in [0.3, 0.4) is 0 Å². The van der Waals surface area contributed by atoms with E-state index in [0.717, 1.165) is 37.8 Å². The van der Waals surface area contributed by atoms with Gasteiger partial charge >= 0.3 is 0 Å². The van der Waals surface area contributed by atoms with Gasteiger partial charge in [-0.1, -0.05) is 19.8 Å². The second-order valence-corrected chi connectivity index (χ2v) is 7.38. The minimum atomic E-state index is -1.61. The summed E-state index contributed by atoms with van der Waals surface area (Å²) in [5, 5.41) is 0. The molecule has 7 heteroatoms. The number of unbranched alkanes of at least 4 members (excludes halogenated alkanes) is 1. The molecule has 1 fully saturated rings. The molecule has 158 valence electrons. The van der Waals surface area contributed by atoms with Gasteiger partial charge in [0, 0.05) is 0 Å². The fraction of sp³-hybridized carbons (Fsp3) is 0.455. The van der Waals surface area contributed by atoms with Crippen LogP contribution in [-0.4, -0.2) is 6.61 Å². The van der Waals surface area contributed by atoms with E-state index in [9.17, 15) is 22.0 Å². The van der Waals surface area contributed by atoms with E-state index in [4.69, 9.17) is 9.47 Å². The molecule has 2 atom stereocenters. The van der Waals surface area contributed by atoms with Crippen LogP contribution in [0.15, 0.2) is 24.3 Å². The molecule has 0 N–H and O–H groups in total. The largest absolute Gasteiger partial charge is 0.483 e. The standard InChI is InChI=1S/C22H23F5O2/c1-2-3-4-13-5-6-20(28-11-13)15-9-18(25)22(19(26)10-15)29-12-14-7-16(23)21(27)17(24)8-14/h7-10,13,20H,2-6,11-12H2,1H3. The van der Waals surface area contributed by atoms with E-state index in [1.54, 1.807) is 0 Å². The average Bonchev–Trinajstić information content (AvgIpc) is 2.70. The summed E-state index contributed by atoms with van der Waals surface area (Å²) in [6.07, 6.45) is 4.58. The number of rotatable bonds is 7. The highest BCUT2D eigenvalue weighted by Gasteiger charge is 2.25. The van der Waals surface area contributed by atoms with Crippen LogP contribution in [0.25, 0.3) is 0 Å². The molecule has 1 heterocycles. The van der Waals surface area contributed by atoms with E-state index in [2.05, 4.69) is 6.92 Å². The zero-order chi connectivity index (χ0) is 21.0. The Bertz CT molecular complexity index is 801. The minimum Gasteiger partial charge on any atom is -0.483 e. The Balaban J connectivity index is 1.65. The van der Waals surface area contributed by atoms with Crippen molar-refractivity contribution < 1.29 is 31.4 Å². The third-order valence-electron chi connectivity index (χ3n) is 5.16. The average molecular weight is 414 g/mol. The van der Waals surface area contributed by atoms with Crippen LogP contribution in [0.2, 0.25) is 0 Å². The Morgan fingerprint density at radius 1 is 0.931 bits per heavy atom. The molecule has 2 unspecified atom stereocenters. The second kappa shape index (κ2) is 9.57. The third kappa shape index (κ3) is 5.26. The molecule has 0 aliphatic carbocycles. The molecule has 2 aromatic rings. The van der Waals surface area contributed by atoms with Gasteiger partial charge in [0.15, 0.2) is 34.8 Å². The third-order valence-corrected chi connectivity index (χ3v) is 5.16. The highest BCUT2D eigenvalue weighted by Crippen LogP contribution is 2.35. The van der Waals surface area contributed by atoms with Gasteiger partial charge in [0.25, 0.3) is 0 Å². The Morgan fingerprint density at radius 3 is 2.14 bits per heavy atom. The Morgan fingerprint density at radius 2 is 1.59 bits per heavy atom. The van der Waals surface area contributed by atoms with Gasteiger partial charge in [0.05, 0.1) is 12.7 Å². The van der Waals surface area contributed by atoms with Crippen LogP contribution >= 0.6 is 0 Å². The summed E-state index contributed by atoms with van der Waals surface area (Å²) in [5.41, 5.74) is 0.304. The van der Waals surface area contributed by atoms with Crippen LogP contribution in [0.1, 0.15) is 56.3 Å². The van der Waals surface area contributed by atoms with Gasteiger partial charge in [0.1, 0.15) is 6.61 Å². The van der Waals surface area contributed by atoms with Gasteiger partial charge < -0.3 is 9.47 Å². The molecule has 0 radical (unpaired) electrons. The highest BCUT2D eigenvalue weighted by atomic mass is 19.2. The van der Waals surface area contributed by atoms with Crippen molar-refractivity contribution in [1.82, 2.24) is 0 Å². The first-order valence-corrected chi connectivity index (χ1v) is 9.75. The zero-order valence-electron chi connectivity index (χ0n) is 16.1. The van der Waals surface area contributed by atoms with Crippen LogP contribution in [0.4, 0.5) is 22.0 Å². The van der Waals surface area contributed by atoms with E-state index in [1.165, 1.54) is 0 Å². The lowest BCUT2D eigenvalue weighted by atomic mass is 9.91. The summed E-state index contributed by atoms with van der Waals surface area (Å²) in [7, 11) is 0. The fourth-order valence-electron chi connectivity index (χ4n) is 3.54. The summed E-state index contributed by atoms with van der Waals surface area (Å²) >= 11 is 0. The first-order valence-electron chi connectivity index (χ1n) is 9.75. The lowest BCUT2D eigenvalue weighted by Gasteiger charge is -2.29. The molecule has 29 heavy (non-hydrogen) atoms. The van der Waals surface area contributed by atoms with Gasteiger partial charge in [0.2, 0.25) is 0 Å². The van der Waals surface area contributed by atoms with Crippen molar-refractivity contribution in [3.8, 4) is 5.75 Å². The van der Waals surface area contributed by atoms with Crippen LogP contribution < -0.4 is 4.74 Å². The van der Waals surface area contributed by atoms with Crippen molar-refractivity contribution in [2.45, 2.75) is 51.7 Å². The number of halogens is 5. The maximum absolute atomic E-state index is 14.4. The Kier molecular flexibility index (Phi) is 7.11. The molecule has 1 aliphatic rings. The van der Waals surface area contributed by atoms with Crippen molar-refractivity contribution in [1.29, 1.82) is 0 Å². The number of hydrogen-bond donors (Lipinski definition) is 0. The molecule has 3 rings (SSSR count). The van der Waals surface area contributed by atoms with Gasteiger partial charge in [-0.2, -0.15) is 0 Å². The number of benzene rings is 2. The molecule has 2 aromatic carbocycles. The summed E-state index contributed by atoms with van der Waals surface area (Å²) in [6.45, 7) is 2.18. The second-order valence-electron chi connectivity index (χ2n) is 7.38. The molecule has 2 nitrogen and oxygen atoms in total. The van der Waals surface area contributed by atoms with E-state index in [0.29, 0.717) is 36.6 Å². The van der Waals surface area contributed by atoms with Gasteiger partial charge in [-0.05, 0) is 60.6 Å². The van der Waals surface area contributed by atoms with Crippen molar-refractivity contribution in [3.05, 3.63) is 64.5 Å². The van der Waals surface area contributed by atoms with E-state index >= 15 is 0 Å². The van der Waals surface area contributed by atoms with Crippen LogP contribution in [-0.2, 0) is 11.3 Å². The first-order chi connectivity index (χ1) is 13.9. The summed E-state index contributed by atoms with van der Waals surface area (Å²) < 4.78 is 79.1. The maximum Gasteiger partial charge on any atom is 0.194 e. The summed E-state index contributed by atoms with van der Waals surface area (Å²) in [5.74, 6) is -6.45. The van der Waals surface area contributed by atoms with E-state index in [1.807, 2.05) is 0 Å². The van der Waals surface area contributed by atoms with Crippen molar-refractivity contribution >= 4 is 0 Å². The molecule has 0 saturated carbocycles. The molecule has 0 amide bonds. The van der Waals surface area contributed by atoms with Gasteiger partial charge in [-0.3, -0.25) is 0 Å². The zero-order valence-corrected chi connectivity index (χ0v) is 16.1. The summed E-state index contributed by atoms with van der Waals surface area (Å²) in [6, 6.07) is 3.74. The maximum atomic E-state index is 14.4. The molecule has 0 spiro atoms. The van der Waals surface area contributed by atoms with Gasteiger partial charge in [-0.25, -0.2) is 22.0 Å². The van der Waals surface area contributed by atoms with Gasteiger partial charge in [-0.15, -0.1) is 0 Å². The smallest absolute Gasteiger partial charge is 0.194 e. The Hall–Kier alpha value is -2.15. The van der Waals surface area contributed by atoms with Crippen molar-refractivity contribution in [3.63, 3.8) is 0 Å². The molecule has 1 aliphatic heterocycles. The Labute approximate surface area is 166 Å². The normalized spacial score (nSPS) is 19.4. The topological polar surface area (TPSA) is 18.5 Å².